The summed E-state index contributed by atoms with van der Waals surface area (Å²) in [5.74, 6) is 4.99. The summed E-state index contributed by atoms with van der Waals surface area (Å²) in [6, 6.07) is 40.3. The molecule has 6 rings (SSSR count). The molecule has 0 aliphatic heterocycles. The molecule has 0 fully saturated rings. The maximum atomic E-state index is 7.46. The normalized spacial score (nSPS) is 12.8. The quantitative estimate of drug-likeness (QED) is 0.0274. The highest BCUT2D eigenvalue weighted by Crippen LogP contribution is 2.54. The van der Waals surface area contributed by atoms with Gasteiger partial charge in [-0.05, 0) is 194 Å². The van der Waals surface area contributed by atoms with E-state index in [1.54, 1.807) is 0 Å². The summed E-state index contributed by atoms with van der Waals surface area (Å²) in [5, 5.41) is 0. The smallest absolute Gasteiger partial charge is 0.426 e. The fourth-order valence-corrected chi connectivity index (χ4v) is 20.5. The summed E-state index contributed by atoms with van der Waals surface area (Å²) in [5.41, 5.74) is 13.4. The fraction of sp³-hybridized carbons (Fsp3) is 0.679. The van der Waals surface area contributed by atoms with E-state index in [0.717, 1.165) is 135 Å². The Bertz CT molecular complexity index is 3690. The molecule has 0 bridgehead atoms. The summed E-state index contributed by atoms with van der Waals surface area (Å²) in [7, 11) is -5.54. The van der Waals surface area contributed by atoms with Crippen LogP contribution in [0.25, 0.3) is 0 Å². The van der Waals surface area contributed by atoms with Crippen molar-refractivity contribution >= 4 is 25.8 Å². The molecule has 0 aromatic heterocycles. The first-order chi connectivity index (χ1) is 59.9. The lowest BCUT2D eigenvalue weighted by Gasteiger charge is -2.33. The van der Waals surface area contributed by atoms with Gasteiger partial charge in [0.1, 0.15) is 34.5 Å². The Morgan fingerprint density at radius 3 is 0.774 bits per heavy atom. The van der Waals surface area contributed by atoms with Gasteiger partial charge in [0.2, 0.25) is 0 Å². The molecule has 0 amide bonds. The lowest BCUT2D eigenvalue weighted by Crippen LogP contribution is -2.19. The van der Waals surface area contributed by atoms with Crippen LogP contribution in [0.5, 0.6) is 34.5 Å². The van der Waals surface area contributed by atoms with Crippen LogP contribution in [-0.4, -0.2) is 19.8 Å². The van der Waals surface area contributed by atoms with E-state index in [0.29, 0.717) is 19.8 Å². The van der Waals surface area contributed by atoms with Crippen molar-refractivity contribution in [3.8, 4) is 34.5 Å². The van der Waals surface area contributed by atoms with Crippen molar-refractivity contribution in [3.05, 3.63) is 176 Å². The first-order valence-corrected chi connectivity index (χ1v) is 54.3. The van der Waals surface area contributed by atoms with Gasteiger partial charge in [-0.1, -0.05) is 434 Å². The van der Waals surface area contributed by atoms with Crippen LogP contribution in [0.3, 0.4) is 0 Å². The molecular weight excluding hydrogens is 1580 g/mol. The van der Waals surface area contributed by atoms with E-state index >= 15 is 0 Å². The van der Waals surface area contributed by atoms with Gasteiger partial charge in [-0.3, -0.25) is 4.52 Å². The van der Waals surface area contributed by atoms with E-state index in [4.69, 9.17) is 40.7 Å². The third-order valence-corrected chi connectivity index (χ3v) is 28.3. The van der Waals surface area contributed by atoms with E-state index in [2.05, 4.69) is 241 Å². The Labute approximate surface area is 766 Å². The Morgan fingerprint density at radius 1 is 0.250 bits per heavy atom. The number of hydrogen-bond donors (Lipinski definition) is 0. The maximum Gasteiger partial charge on any atom is 0.530 e. The molecular formula is C112H181O9P3. The van der Waals surface area contributed by atoms with Crippen LogP contribution in [0.15, 0.2) is 109 Å². The minimum absolute atomic E-state index is 0.0713. The molecule has 0 N–H and O–H groups in total. The van der Waals surface area contributed by atoms with Gasteiger partial charge in [-0.2, -0.15) is 0 Å². The summed E-state index contributed by atoms with van der Waals surface area (Å²) in [6.45, 7) is 46.0. The van der Waals surface area contributed by atoms with Gasteiger partial charge in [0.15, 0.2) is 0 Å². The van der Waals surface area contributed by atoms with Crippen LogP contribution >= 0.6 is 25.8 Å². The first-order valence-electron chi connectivity index (χ1n) is 51.0. The number of aryl methyl sites for hydroxylation is 6. The fourth-order valence-electron chi connectivity index (χ4n) is 17.3. The number of hydrogen-bond acceptors (Lipinski definition) is 9. The molecule has 0 radical (unpaired) electrons. The predicted molar refractivity (Wildman–Crippen MR) is 539 cm³/mol. The predicted octanol–water partition coefficient (Wildman–Crippen LogP) is 38.2. The molecule has 0 spiro atoms. The number of para-hydroxylation sites is 3. The van der Waals surface area contributed by atoms with Crippen molar-refractivity contribution < 1.29 is 40.7 Å². The number of unbranched alkanes of at least 4 members (excludes halogenated alkanes) is 39. The largest absolute Gasteiger partial charge is 0.530 e. The van der Waals surface area contributed by atoms with E-state index in [1.807, 2.05) is 0 Å². The third-order valence-electron chi connectivity index (χ3n) is 25.1. The molecule has 3 unspecified atom stereocenters. The van der Waals surface area contributed by atoms with E-state index in [1.165, 1.54) is 281 Å². The van der Waals surface area contributed by atoms with Crippen LogP contribution < -0.4 is 27.1 Å². The second kappa shape index (κ2) is 62.6. The SMILES string of the molecule is CCCCCCCCCCCOP(OCCCCCCCCCCC)Oc1cc(C)c(C(CC(C)c2cc(C(C)(C)C)c(OP(Oc3ccccc3CCCCCCCC)Oc3ccccc3CCCCCCCC)cc2C)c2cc(C(C)(C)C)c(OP(OCCCCCCCCCCC)Oc3ccccc3CCCCCCCC)cc2C)cc1C(C)(C)C. The Kier molecular flexibility index (Phi) is 54.5. The highest BCUT2D eigenvalue weighted by Gasteiger charge is 2.35. The average Bonchev–Trinajstić information content (AvgIpc) is 0.759. The molecule has 0 aliphatic carbocycles. The van der Waals surface area contributed by atoms with Gasteiger partial charge in [0.25, 0.3) is 0 Å². The van der Waals surface area contributed by atoms with Gasteiger partial charge in [0, 0.05) is 22.6 Å². The summed E-state index contributed by atoms with van der Waals surface area (Å²) < 4.78 is 64.4. The van der Waals surface area contributed by atoms with Gasteiger partial charge in [-0.25, -0.2) is 0 Å². The average molecular weight is 1760 g/mol. The molecule has 6 aromatic rings. The molecule has 3 atom stereocenters. The van der Waals surface area contributed by atoms with Crippen LogP contribution in [-0.2, 0) is 49.1 Å². The van der Waals surface area contributed by atoms with Gasteiger partial charge in [0.05, 0.1) is 19.8 Å². The molecule has 6 aromatic carbocycles. The van der Waals surface area contributed by atoms with Crippen LogP contribution in [0.1, 0.15) is 485 Å². The van der Waals surface area contributed by atoms with Crippen molar-refractivity contribution in [2.45, 2.75) is 474 Å². The zero-order chi connectivity index (χ0) is 89.6. The summed E-state index contributed by atoms with van der Waals surface area (Å²) in [6.07, 6.45) is 59.6. The van der Waals surface area contributed by atoms with E-state index in [-0.39, 0.29) is 28.1 Å². The van der Waals surface area contributed by atoms with Gasteiger partial charge < -0.3 is 36.2 Å². The molecule has 698 valence electrons. The van der Waals surface area contributed by atoms with Crippen LogP contribution in [0, 0.1) is 20.8 Å². The Balaban J connectivity index is 1.49. The summed E-state index contributed by atoms with van der Waals surface area (Å²) in [4.78, 5) is 0. The van der Waals surface area contributed by atoms with Crippen molar-refractivity contribution in [1.29, 1.82) is 0 Å². The molecule has 12 heteroatoms. The molecule has 124 heavy (non-hydrogen) atoms. The van der Waals surface area contributed by atoms with E-state index < -0.39 is 25.8 Å². The van der Waals surface area contributed by atoms with E-state index in [9.17, 15) is 0 Å². The lowest BCUT2D eigenvalue weighted by atomic mass is 9.74. The topological polar surface area (TPSA) is 83.1 Å². The molecule has 9 nitrogen and oxygen atoms in total. The Hall–Kier alpha value is -4.71. The lowest BCUT2D eigenvalue weighted by molar-refractivity contribution is 0.197. The van der Waals surface area contributed by atoms with Crippen molar-refractivity contribution in [3.63, 3.8) is 0 Å². The molecule has 0 saturated carbocycles. The zero-order valence-corrected chi connectivity index (χ0v) is 85.5. The first kappa shape index (κ1) is 108. The molecule has 0 aliphatic rings. The third kappa shape index (κ3) is 42.0. The second-order valence-corrected chi connectivity index (χ2v) is 42.8. The number of benzene rings is 6. The van der Waals surface area contributed by atoms with Crippen molar-refractivity contribution in [2.75, 3.05) is 19.8 Å². The zero-order valence-electron chi connectivity index (χ0n) is 82.8. The van der Waals surface area contributed by atoms with Crippen molar-refractivity contribution in [1.82, 2.24) is 0 Å². The maximum absolute atomic E-state index is 7.46. The molecule has 0 saturated heterocycles. The van der Waals surface area contributed by atoms with Gasteiger partial charge in [-0.15, -0.1) is 0 Å². The summed E-state index contributed by atoms with van der Waals surface area (Å²) >= 11 is 0. The second-order valence-electron chi connectivity index (χ2n) is 39.6. The molecule has 0 heterocycles. The standard InChI is InChI=1S/C112H181O9P3/c1-20-26-32-38-44-47-50-56-68-80-113-122(114-81-69-57-51-48-45-39-33-27-21-2)119-107-85-92(9)98(88-102(107)111(14,15)16)100(99-89-103(112(17,18)19)108(86-93(99)10)120-123(115-82-70-58-52-49-46-40-34-28-22-3)116-104-77-65-62-74-94(104)71-59-53-41-35-29-23-4)83-90(7)97-87-101(110(11,12)13)109(84-91(97)8)121-124(117-105-78-66-63-75-95(105)72-60-54-42-36-30-24-5)118-106-79-67-64-76-96(106)73-61-55-43-37-31-25-6/h62-67,74-79,84-90,100H,20-61,68-73,80-83H2,1-19H3. The Morgan fingerprint density at radius 2 is 0.476 bits per heavy atom. The van der Waals surface area contributed by atoms with Crippen LogP contribution in [0.2, 0.25) is 0 Å². The van der Waals surface area contributed by atoms with Gasteiger partial charge >= 0.3 is 25.8 Å². The minimum atomic E-state index is -2.00. The highest BCUT2D eigenvalue weighted by molar-refractivity contribution is 7.43. The van der Waals surface area contributed by atoms with Crippen molar-refractivity contribution in [2.24, 2.45) is 0 Å². The monoisotopic (exact) mass is 1760 g/mol. The highest BCUT2D eigenvalue weighted by atomic mass is 31.2. The van der Waals surface area contributed by atoms with Crippen LogP contribution in [0.4, 0.5) is 0 Å². The number of rotatable bonds is 71. The minimum Gasteiger partial charge on any atom is -0.426 e.